The fourth-order valence-electron chi connectivity index (χ4n) is 3.68. The number of ether oxygens (including phenoxy) is 1. The van der Waals surface area contributed by atoms with E-state index in [0.29, 0.717) is 24.4 Å². The molecule has 1 fully saturated rings. The molecule has 1 aliphatic heterocycles. The van der Waals surface area contributed by atoms with Crippen LogP contribution >= 0.6 is 11.3 Å². The summed E-state index contributed by atoms with van der Waals surface area (Å²) >= 11 is 1.29. The number of H-pyrrole nitrogens is 1. The van der Waals surface area contributed by atoms with Crippen LogP contribution in [0.1, 0.15) is 55.9 Å². The Morgan fingerprint density at radius 2 is 2.06 bits per heavy atom. The number of rotatable bonds is 4. The van der Waals surface area contributed by atoms with Gasteiger partial charge in [0.2, 0.25) is 5.75 Å². The summed E-state index contributed by atoms with van der Waals surface area (Å²) in [6.07, 6.45) is 3.05. The van der Waals surface area contributed by atoms with Gasteiger partial charge in [-0.25, -0.2) is 19.2 Å². The van der Waals surface area contributed by atoms with Gasteiger partial charge in [-0.3, -0.25) is 9.69 Å². The zero-order valence-corrected chi connectivity index (χ0v) is 19.4. The molecule has 174 valence electrons. The summed E-state index contributed by atoms with van der Waals surface area (Å²) in [4.78, 5) is 39.0. The minimum absolute atomic E-state index is 0.0696. The highest BCUT2D eigenvalue weighted by Crippen LogP contribution is 2.34. The molecule has 0 aliphatic carbocycles. The molecule has 1 amide bonds. The normalized spacial score (nSPS) is 16.2. The monoisotopic (exact) mass is 472 g/mol. The predicted octanol–water partition coefficient (Wildman–Crippen LogP) is 4.40. The van der Waals surface area contributed by atoms with E-state index in [4.69, 9.17) is 4.74 Å². The third-order valence-electron chi connectivity index (χ3n) is 5.16. The number of halogens is 1. The second-order valence-electron chi connectivity index (χ2n) is 8.92. The van der Waals surface area contributed by atoms with Crippen LogP contribution in [0, 0.1) is 5.82 Å². The van der Waals surface area contributed by atoms with Gasteiger partial charge < -0.3 is 14.8 Å². The standard InChI is InChI=1S/C23H25FN4O4S/c1-23(2,3)32-22(31)28-10-4-5-16(28)19-26-17(18(29)20(30)27-19)21-25-12-15(33-21)11-13-6-8-14(24)9-7-13/h6-9,12,16,29H,4-5,10-11H2,1-3H3,(H,26,27,30). The van der Waals surface area contributed by atoms with Crippen LogP contribution in [0.25, 0.3) is 10.7 Å². The molecular weight excluding hydrogens is 447 g/mol. The highest BCUT2D eigenvalue weighted by molar-refractivity contribution is 7.15. The van der Waals surface area contributed by atoms with E-state index in [-0.39, 0.29) is 17.3 Å². The minimum atomic E-state index is -0.693. The summed E-state index contributed by atoms with van der Waals surface area (Å²) in [7, 11) is 0. The Kier molecular flexibility index (Phi) is 6.20. The fraction of sp³-hybridized carbons (Fsp3) is 0.391. The maximum atomic E-state index is 13.1. The SMILES string of the molecule is CC(C)(C)OC(=O)N1CCCC1c1nc(-c2ncc(Cc3ccc(F)cc3)s2)c(O)c(=O)[nH]1. The minimum Gasteiger partial charge on any atom is -0.501 e. The number of carbonyl (C=O) groups is 1. The molecule has 3 aromatic rings. The number of aromatic amines is 1. The lowest BCUT2D eigenvalue weighted by Gasteiger charge is -2.28. The Morgan fingerprint density at radius 3 is 2.76 bits per heavy atom. The van der Waals surface area contributed by atoms with Crippen LogP contribution in [-0.2, 0) is 11.2 Å². The van der Waals surface area contributed by atoms with E-state index >= 15 is 0 Å². The fourth-order valence-corrected chi connectivity index (χ4v) is 4.62. The molecule has 2 N–H and O–H groups in total. The van der Waals surface area contributed by atoms with Crippen molar-refractivity contribution < 1.29 is 19.0 Å². The number of carbonyl (C=O) groups excluding carboxylic acids is 1. The van der Waals surface area contributed by atoms with Gasteiger partial charge in [-0.1, -0.05) is 12.1 Å². The molecule has 0 spiro atoms. The zero-order valence-electron chi connectivity index (χ0n) is 18.6. The molecule has 8 nitrogen and oxygen atoms in total. The molecule has 1 aromatic carbocycles. The molecule has 0 radical (unpaired) electrons. The third-order valence-corrected chi connectivity index (χ3v) is 6.16. The molecule has 3 heterocycles. The quantitative estimate of drug-likeness (QED) is 0.583. The van der Waals surface area contributed by atoms with Crippen LogP contribution in [0.15, 0.2) is 35.3 Å². The number of aromatic nitrogens is 3. The highest BCUT2D eigenvalue weighted by atomic mass is 32.1. The Hall–Kier alpha value is -3.27. The number of aromatic hydroxyl groups is 1. The average molecular weight is 473 g/mol. The summed E-state index contributed by atoms with van der Waals surface area (Å²) in [5.74, 6) is -0.545. The largest absolute Gasteiger partial charge is 0.501 e. The van der Waals surface area contributed by atoms with Gasteiger partial charge in [0.15, 0.2) is 0 Å². The van der Waals surface area contributed by atoms with E-state index in [9.17, 15) is 19.1 Å². The third kappa shape index (κ3) is 5.22. The van der Waals surface area contributed by atoms with E-state index < -0.39 is 29.0 Å². The lowest BCUT2D eigenvalue weighted by Crippen LogP contribution is -2.37. The van der Waals surface area contributed by atoms with E-state index in [1.165, 1.54) is 23.5 Å². The van der Waals surface area contributed by atoms with Crippen molar-refractivity contribution in [1.29, 1.82) is 0 Å². The number of amides is 1. The molecule has 1 saturated heterocycles. The number of nitrogens with zero attached hydrogens (tertiary/aromatic N) is 3. The number of hydrogen-bond donors (Lipinski definition) is 2. The van der Waals surface area contributed by atoms with Crippen molar-refractivity contribution in [2.45, 2.75) is 51.7 Å². The zero-order chi connectivity index (χ0) is 23.8. The van der Waals surface area contributed by atoms with Crippen LogP contribution < -0.4 is 5.56 Å². The Bertz CT molecular complexity index is 1220. The first-order valence-corrected chi connectivity index (χ1v) is 11.4. The maximum Gasteiger partial charge on any atom is 0.410 e. The summed E-state index contributed by atoms with van der Waals surface area (Å²) in [5, 5.41) is 10.8. The Labute approximate surface area is 194 Å². The average Bonchev–Trinajstić information content (AvgIpc) is 3.40. The van der Waals surface area contributed by atoms with Crippen molar-refractivity contribution in [3.63, 3.8) is 0 Å². The number of hydrogen-bond acceptors (Lipinski definition) is 7. The summed E-state index contributed by atoms with van der Waals surface area (Å²) < 4.78 is 18.6. The molecule has 1 unspecified atom stereocenters. The van der Waals surface area contributed by atoms with Crippen LogP contribution in [0.5, 0.6) is 5.75 Å². The Morgan fingerprint density at radius 1 is 1.33 bits per heavy atom. The van der Waals surface area contributed by atoms with Gasteiger partial charge in [-0.2, -0.15) is 0 Å². The summed E-state index contributed by atoms with van der Waals surface area (Å²) in [6, 6.07) is 5.71. The van der Waals surface area contributed by atoms with Gasteiger partial charge in [-0.05, 0) is 51.3 Å². The first kappa shape index (κ1) is 22.9. The molecule has 0 saturated carbocycles. The van der Waals surface area contributed by atoms with E-state index in [0.717, 1.165) is 16.9 Å². The van der Waals surface area contributed by atoms with Crippen molar-refractivity contribution in [3.8, 4) is 16.5 Å². The number of thiazole rings is 1. The van der Waals surface area contributed by atoms with Gasteiger partial charge in [0.25, 0.3) is 5.56 Å². The van der Waals surface area contributed by atoms with Gasteiger partial charge in [0, 0.05) is 24.0 Å². The molecule has 10 heteroatoms. The van der Waals surface area contributed by atoms with Crippen LogP contribution in [0.3, 0.4) is 0 Å². The van der Waals surface area contributed by atoms with Crippen molar-refractivity contribution in [2.75, 3.05) is 6.54 Å². The first-order valence-electron chi connectivity index (χ1n) is 10.6. The van der Waals surface area contributed by atoms with E-state index in [1.807, 2.05) is 0 Å². The second-order valence-corrected chi connectivity index (χ2v) is 10.0. The van der Waals surface area contributed by atoms with Gasteiger partial charge in [0.05, 0.1) is 6.04 Å². The molecule has 2 aromatic heterocycles. The van der Waals surface area contributed by atoms with Gasteiger partial charge in [0.1, 0.15) is 27.9 Å². The molecule has 0 bridgehead atoms. The topological polar surface area (TPSA) is 108 Å². The van der Waals surface area contributed by atoms with Crippen molar-refractivity contribution in [3.05, 3.63) is 62.9 Å². The van der Waals surface area contributed by atoms with Crippen LogP contribution in [0.4, 0.5) is 9.18 Å². The lowest BCUT2D eigenvalue weighted by molar-refractivity contribution is 0.0218. The first-order chi connectivity index (χ1) is 15.6. The van der Waals surface area contributed by atoms with Crippen molar-refractivity contribution >= 4 is 17.4 Å². The van der Waals surface area contributed by atoms with Crippen LogP contribution in [0.2, 0.25) is 0 Å². The maximum absolute atomic E-state index is 13.1. The van der Waals surface area contributed by atoms with Crippen LogP contribution in [-0.4, -0.2) is 43.2 Å². The molecule has 1 aliphatic rings. The van der Waals surface area contributed by atoms with E-state index in [1.54, 1.807) is 44.0 Å². The van der Waals surface area contributed by atoms with Gasteiger partial charge >= 0.3 is 6.09 Å². The van der Waals surface area contributed by atoms with Crippen molar-refractivity contribution in [1.82, 2.24) is 19.9 Å². The predicted molar refractivity (Wildman–Crippen MR) is 122 cm³/mol. The van der Waals surface area contributed by atoms with Crippen molar-refractivity contribution in [2.24, 2.45) is 0 Å². The molecule has 1 atom stereocenters. The molecule has 4 rings (SSSR count). The number of benzene rings is 1. The smallest absolute Gasteiger partial charge is 0.410 e. The summed E-state index contributed by atoms with van der Waals surface area (Å²) in [5.41, 5.74) is -0.358. The Balaban J connectivity index is 1.61. The molecule has 33 heavy (non-hydrogen) atoms. The second kappa shape index (κ2) is 8.93. The molecular formula is C23H25FN4O4S. The lowest BCUT2D eigenvalue weighted by atomic mass is 10.1. The summed E-state index contributed by atoms with van der Waals surface area (Å²) in [6.45, 7) is 5.86. The number of likely N-dealkylation sites (tertiary alicyclic amines) is 1. The number of nitrogens with one attached hydrogen (secondary N) is 1. The van der Waals surface area contributed by atoms with Gasteiger partial charge in [-0.15, -0.1) is 11.3 Å². The van der Waals surface area contributed by atoms with E-state index in [2.05, 4.69) is 15.0 Å². The highest BCUT2D eigenvalue weighted by Gasteiger charge is 2.35.